The normalized spacial score (nSPS) is 12.2. The molecule has 0 fully saturated rings. The van der Waals surface area contributed by atoms with E-state index in [4.69, 9.17) is 0 Å². The molecule has 0 spiro atoms. The molecule has 0 saturated carbocycles. The molecule has 0 nitrogen and oxygen atoms in total. The molecule has 1 unspecified atom stereocenters. The maximum absolute atomic E-state index is 3.37. The SMILES string of the molecule is CCCCC1=[C-]CC=C1C.Cc1ccccc1Pc1cc2ccccc2[cH-]1.[Cl-].[Cl-].[Ti+4]. The molecule has 4 heteroatoms. The first-order valence-electron chi connectivity index (χ1n) is 9.92. The standard InChI is InChI=1S/C16H14P.C10H15.2ClH.Ti/c1-12-6-2-5-9-16(12)17-15-10-13-7-3-4-8-14(13)11-15;1-3-4-7-10-8-5-6-9(10)2;;;/h2-11,17H,1H3;6H,3-5,7H2,1-2H3;2*1H;/q2*-1;;;+4/p-2. The third kappa shape index (κ3) is 8.41. The van der Waals surface area contributed by atoms with Gasteiger partial charge in [0.05, 0.1) is 0 Å². The first-order valence-corrected chi connectivity index (χ1v) is 10.9. The van der Waals surface area contributed by atoms with Gasteiger partial charge < -0.3 is 24.8 Å². The Morgan fingerprint density at radius 3 is 2.33 bits per heavy atom. The van der Waals surface area contributed by atoms with Gasteiger partial charge in [-0.2, -0.15) is 12.1 Å². The Balaban J connectivity index is 0.000000569. The number of fused-ring (bicyclic) bond motifs is 1. The Hall–Kier alpha value is -0.746. The molecule has 0 radical (unpaired) electrons. The summed E-state index contributed by atoms with van der Waals surface area (Å²) in [6.45, 7) is 6.60. The largest absolute Gasteiger partial charge is 4.00 e. The van der Waals surface area contributed by atoms with E-state index in [0.717, 1.165) is 15.0 Å². The molecule has 0 amide bonds. The maximum Gasteiger partial charge on any atom is 4.00 e. The molecule has 1 atom stereocenters. The van der Waals surface area contributed by atoms with E-state index in [-0.39, 0.29) is 46.5 Å². The minimum absolute atomic E-state index is 0. The zero-order valence-corrected chi connectivity index (χ0v) is 22.0. The minimum Gasteiger partial charge on any atom is -1.00 e. The van der Waals surface area contributed by atoms with Crippen molar-refractivity contribution in [1.29, 1.82) is 0 Å². The van der Waals surface area contributed by atoms with Crippen molar-refractivity contribution in [1.82, 2.24) is 0 Å². The summed E-state index contributed by atoms with van der Waals surface area (Å²) in [6.07, 6.45) is 10.5. The summed E-state index contributed by atoms with van der Waals surface area (Å²) in [5, 5.41) is 5.58. The second kappa shape index (κ2) is 15.1. The summed E-state index contributed by atoms with van der Waals surface area (Å²) in [5.74, 6) is 0. The summed E-state index contributed by atoms with van der Waals surface area (Å²) in [5.41, 5.74) is 4.30. The predicted molar refractivity (Wildman–Crippen MR) is 123 cm³/mol. The molecule has 0 bridgehead atoms. The third-order valence-corrected chi connectivity index (χ3v) is 6.43. The second-order valence-electron chi connectivity index (χ2n) is 7.16. The van der Waals surface area contributed by atoms with Gasteiger partial charge in [-0.15, -0.1) is 53.7 Å². The Labute approximate surface area is 211 Å². The van der Waals surface area contributed by atoms with Crippen LogP contribution in [0.25, 0.3) is 10.8 Å². The van der Waals surface area contributed by atoms with Crippen LogP contribution in [-0.4, -0.2) is 0 Å². The van der Waals surface area contributed by atoms with E-state index in [0.29, 0.717) is 0 Å². The molecule has 1 aliphatic carbocycles. The van der Waals surface area contributed by atoms with Gasteiger partial charge in [0.2, 0.25) is 0 Å². The van der Waals surface area contributed by atoms with E-state index < -0.39 is 0 Å². The Bertz CT molecular complexity index is 923. The van der Waals surface area contributed by atoms with Gasteiger partial charge in [0.1, 0.15) is 0 Å². The average Bonchev–Trinajstić information content (AvgIpc) is 3.27. The van der Waals surface area contributed by atoms with Crippen LogP contribution in [-0.2, 0) is 21.7 Å². The van der Waals surface area contributed by atoms with Crippen LogP contribution < -0.4 is 35.4 Å². The fraction of sp³-hybridized carbons (Fsp3) is 0.269. The number of hydrogen-bond acceptors (Lipinski definition) is 0. The van der Waals surface area contributed by atoms with Gasteiger partial charge in [-0.25, -0.2) is 11.1 Å². The van der Waals surface area contributed by atoms with Crippen LogP contribution in [0.1, 0.15) is 45.1 Å². The molecule has 0 aliphatic heterocycles. The van der Waals surface area contributed by atoms with Crippen molar-refractivity contribution in [2.45, 2.75) is 46.5 Å². The Kier molecular flexibility index (Phi) is 14.7. The average molecular weight is 491 g/mol. The Morgan fingerprint density at radius 1 is 1.00 bits per heavy atom. The number of unbranched alkanes of at least 4 members (excludes halogenated alkanes) is 1. The van der Waals surface area contributed by atoms with Crippen LogP contribution >= 0.6 is 8.58 Å². The van der Waals surface area contributed by atoms with Gasteiger partial charge in [-0.3, -0.25) is 6.08 Å². The Morgan fingerprint density at radius 2 is 1.70 bits per heavy atom. The topological polar surface area (TPSA) is 0 Å². The zero-order chi connectivity index (χ0) is 19.1. The molecule has 0 aromatic heterocycles. The number of benzene rings is 2. The molecule has 0 saturated heterocycles. The van der Waals surface area contributed by atoms with Gasteiger partial charge in [0, 0.05) is 0 Å². The molecule has 3 aromatic carbocycles. The van der Waals surface area contributed by atoms with Crippen LogP contribution in [0.15, 0.2) is 77.9 Å². The first kappa shape index (κ1) is 29.3. The molecule has 1 aliphatic rings. The third-order valence-electron chi connectivity index (χ3n) is 5.02. The molecule has 3 aromatic rings. The van der Waals surface area contributed by atoms with E-state index >= 15 is 0 Å². The molecule has 156 valence electrons. The van der Waals surface area contributed by atoms with Crippen molar-refractivity contribution in [3.8, 4) is 0 Å². The van der Waals surface area contributed by atoms with E-state index in [1.54, 1.807) is 0 Å². The van der Waals surface area contributed by atoms with Crippen molar-refractivity contribution in [3.63, 3.8) is 0 Å². The number of aryl methyl sites for hydroxylation is 1. The molecule has 0 heterocycles. The van der Waals surface area contributed by atoms with Crippen LogP contribution in [0.3, 0.4) is 0 Å². The van der Waals surface area contributed by atoms with Crippen LogP contribution in [0.5, 0.6) is 0 Å². The first-order chi connectivity index (χ1) is 13.2. The van der Waals surface area contributed by atoms with E-state index in [2.05, 4.69) is 93.6 Å². The van der Waals surface area contributed by atoms with Crippen LogP contribution in [0.4, 0.5) is 0 Å². The number of hydrogen-bond donors (Lipinski definition) is 0. The summed E-state index contributed by atoms with van der Waals surface area (Å²) in [7, 11) is 0.759. The fourth-order valence-corrected chi connectivity index (χ4v) is 4.55. The van der Waals surface area contributed by atoms with E-state index in [1.165, 1.54) is 57.4 Å². The predicted octanol–water partition coefficient (Wildman–Crippen LogP) is 0.758. The molecular formula is C26H29Cl2PTi. The molecule has 4 rings (SSSR count). The van der Waals surface area contributed by atoms with Crippen LogP contribution in [0.2, 0.25) is 0 Å². The van der Waals surface area contributed by atoms with Gasteiger partial charge in [0.25, 0.3) is 0 Å². The molecular weight excluding hydrogens is 462 g/mol. The van der Waals surface area contributed by atoms with E-state index in [1.807, 2.05) is 0 Å². The quantitative estimate of drug-likeness (QED) is 0.281. The minimum atomic E-state index is 0. The van der Waals surface area contributed by atoms with Gasteiger partial charge in [-0.05, 0) is 17.8 Å². The monoisotopic (exact) mass is 490 g/mol. The summed E-state index contributed by atoms with van der Waals surface area (Å²) < 4.78 is 0. The summed E-state index contributed by atoms with van der Waals surface area (Å²) in [6, 6.07) is 21.8. The summed E-state index contributed by atoms with van der Waals surface area (Å²) in [4.78, 5) is 0. The molecule has 0 N–H and O–H groups in total. The van der Waals surface area contributed by atoms with Gasteiger partial charge in [0.15, 0.2) is 0 Å². The van der Waals surface area contributed by atoms with Gasteiger partial charge >= 0.3 is 21.7 Å². The van der Waals surface area contributed by atoms with E-state index in [9.17, 15) is 0 Å². The fourth-order valence-electron chi connectivity index (χ4n) is 3.32. The summed E-state index contributed by atoms with van der Waals surface area (Å²) >= 11 is 0. The van der Waals surface area contributed by atoms with Crippen molar-refractivity contribution in [2.24, 2.45) is 0 Å². The number of allylic oxidation sites excluding steroid dienone is 4. The van der Waals surface area contributed by atoms with Gasteiger partial charge in [-0.1, -0.05) is 65.1 Å². The zero-order valence-electron chi connectivity index (χ0n) is 17.9. The van der Waals surface area contributed by atoms with Crippen molar-refractivity contribution in [3.05, 3.63) is 89.5 Å². The number of halogens is 2. The van der Waals surface area contributed by atoms with Crippen molar-refractivity contribution < 1.29 is 46.5 Å². The van der Waals surface area contributed by atoms with Crippen molar-refractivity contribution in [2.75, 3.05) is 0 Å². The molecule has 30 heavy (non-hydrogen) atoms. The maximum atomic E-state index is 3.37. The van der Waals surface area contributed by atoms with Crippen molar-refractivity contribution >= 4 is 30.0 Å². The van der Waals surface area contributed by atoms with Crippen LogP contribution in [0, 0.1) is 13.0 Å². The number of rotatable bonds is 5. The second-order valence-corrected chi connectivity index (χ2v) is 8.53. The smallest absolute Gasteiger partial charge is 1.00 e.